The van der Waals surface area contributed by atoms with E-state index in [1.807, 2.05) is 9.80 Å². The molecule has 2 saturated heterocycles. The van der Waals surface area contributed by atoms with E-state index in [4.69, 9.17) is 0 Å². The fourth-order valence-electron chi connectivity index (χ4n) is 4.06. The van der Waals surface area contributed by atoms with Gasteiger partial charge in [0.05, 0.1) is 6.04 Å². The van der Waals surface area contributed by atoms with Crippen molar-refractivity contribution in [3.63, 3.8) is 0 Å². The Bertz CT molecular complexity index is 639. The third kappa shape index (κ3) is 4.00. The fraction of sp³-hybridized carbons (Fsp3) is 0.600. The van der Waals surface area contributed by atoms with Gasteiger partial charge in [-0.3, -0.25) is 4.79 Å². The van der Waals surface area contributed by atoms with Crippen LogP contribution in [0.4, 0.5) is 9.18 Å². The Hall–Kier alpha value is -2.11. The molecular weight excluding hydrogens is 333 g/mol. The van der Waals surface area contributed by atoms with Crippen molar-refractivity contribution in [2.24, 2.45) is 5.92 Å². The molecule has 2 fully saturated rings. The molecular formula is C20H28FN3O2. The third-order valence-electron chi connectivity index (χ3n) is 5.54. The van der Waals surface area contributed by atoms with Gasteiger partial charge in [0.1, 0.15) is 5.82 Å². The number of piperidine rings is 2. The minimum atomic E-state index is -0.250. The Morgan fingerprint density at radius 1 is 1.00 bits per heavy atom. The lowest BCUT2D eigenvalue weighted by Gasteiger charge is -2.40. The molecule has 0 N–H and O–H groups in total. The summed E-state index contributed by atoms with van der Waals surface area (Å²) in [5.74, 6) is -0.0846. The molecule has 3 rings (SSSR count). The zero-order valence-electron chi connectivity index (χ0n) is 15.7. The second-order valence-corrected chi connectivity index (χ2v) is 7.53. The Labute approximate surface area is 154 Å². The molecule has 2 heterocycles. The van der Waals surface area contributed by atoms with Gasteiger partial charge in [0, 0.05) is 39.6 Å². The van der Waals surface area contributed by atoms with Crippen LogP contribution in [0.2, 0.25) is 0 Å². The number of benzene rings is 1. The lowest BCUT2D eigenvalue weighted by molar-refractivity contribution is -0.141. The van der Waals surface area contributed by atoms with E-state index in [2.05, 4.69) is 0 Å². The van der Waals surface area contributed by atoms with Crippen LogP contribution in [0.25, 0.3) is 0 Å². The van der Waals surface area contributed by atoms with Crippen molar-refractivity contribution in [3.8, 4) is 0 Å². The van der Waals surface area contributed by atoms with Crippen LogP contribution in [0.15, 0.2) is 24.3 Å². The second-order valence-electron chi connectivity index (χ2n) is 7.53. The van der Waals surface area contributed by atoms with E-state index in [0.29, 0.717) is 25.9 Å². The summed E-state index contributed by atoms with van der Waals surface area (Å²) in [6.07, 6.45) is 4.45. The number of hydrogen-bond acceptors (Lipinski definition) is 2. The highest BCUT2D eigenvalue weighted by atomic mass is 19.1. The van der Waals surface area contributed by atoms with Crippen LogP contribution in [0.5, 0.6) is 0 Å². The summed E-state index contributed by atoms with van der Waals surface area (Å²) < 4.78 is 13.2. The average molecular weight is 361 g/mol. The maximum absolute atomic E-state index is 13.2. The first-order valence-electron chi connectivity index (χ1n) is 9.49. The number of nitrogens with zero attached hydrogens (tertiary/aromatic N) is 3. The van der Waals surface area contributed by atoms with Crippen molar-refractivity contribution in [1.82, 2.24) is 14.7 Å². The number of carbonyl (C=O) groups excluding carboxylic acids is 2. The van der Waals surface area contributed by atoms with Gasteiger partial charge in [0.15, 0.2) is 0 Å². The lowest BCUT2D eigenvalue weighted by atomic mass is 9.90. The van der Waals surface area contributed by atoms with E-state index in [9.17, 15) is 14.0 Å². The Morgan fingerprint density at radius 3 is 2.27 bits per heavy atom. The summed E-state index contributed by atoms with van der Waals surface area (Å²) in [5.41, 5.74) is 1.01. The molecule has 1 atom stereocenters. The predicted octanol–water partition coefficient (Wildman–Crippen LogP) is 3.27. The van der Waals surface area contributed by atoms with Crippen LogP contribution in [-0.4, -0.2) is 60.4 Å². The second kappa shape index (κ2) is 8.06. The normalized spacial score (nSPS) is 21.6. The number of amides is 3. The predicted molar refractivity (Wildman–Crippen MR) is 98.1 cm³/mol. The number of urea groups is 1. The van der Waals surface area contributed by atoms with Gasteiger partial charge in [-0.1, -0.05) is 12.1 Å². The molecule has 2 aliphatic rings. The van der Waals surface area contributed by atoms with Gasteiger partial charge >= 0.3 is 6.03 Å². The van der Waals surface area contributed by atoms with Crippen LogP contribution >= 0.6 is 0 Å². The van der Waals surface area contributed by atoms with E-state index in [1.54, 1.807) is 31.1 Å². The molecule has 0 saturated carbocycles. The minimum absolute atomic E-state index is 0.0121. The standard InChI is InChI=1S/C20H28FN3O2/c1-22(2)20(26)23-13-10-16(11-14-23)19(25)24-12-4-3-5-18(24)15-6-8-17(21)9-7-15/h6-9,16,18H,3-5,10-14H2,1-2H3. The van der Waals surface area contributed by atoms with Gasteiger partial charge < -0.3 is 14.7 Å². The average Bonchev–Trinajstić information content (AvgIpc) is 2.67. The molecule has 26 heavy (non-hydrogen) atoms. The monoisotopic (exact) mass is 361 g/mol. The Morgan fingerprint density at radius 2 is 1.65 bits per heavy atom. The summed E-state index contributed by atoms with van der Waals surface area (Å²) in [7, 11) is 3.50. The van der Waals surface area contributed by atoms with Crippen molar-refractivity contribution in [2.75, 3.05) is 33.7 Å². The summed E-state index contributed by atoms with van der Waals surface area (Å²) in [6, 6.07) is 6.58. The molecule has 3 amide bonds. The van der Waals surface area contributed by atoms with Gasteiger partial charge in [-0.2, -0.15) is 0 Å². The van der Waals surface area contributed by atoms with E-state index in [0.717, 1.165) is 31.4 Å². The largest absolute Gasteiger partial charge is 0.335 e. The van der Waals surface area contributed by atoms with Crippen molar-refractivity contribution >= 4 is 11.9 Å². The Balaban J connectivity index is 1.66. The van der Waals surface area contributed by atoms with E-state index >= 15 is 0 Å². The third-order valence-corrected chi connectivity index (χ3v) is 5.54. The van der Waals surface area contributed by atoms with Crippen LogP contribution in [-0.2, 0) is 4.79 Å². The summed E-state index contributed by atoms with van der Waals surface area (Å²) in [6.45, 7) is 2.02. The maximum atomic E-state index is 13.2. The molecule has 0 aliphatic carbocycles. The van der Waals surface area contributed by atoms with Crippen LogP contribution < -0.4 is 0 Å². The van der Waals surface area contributed by atoms with Gasteiger partial charge in [-0.15, -0.1) is 0 Å². The molecule has 6 heteroatoms. The van der Waals surface area contributed by atoms with Crippen LogP contribution in [0, 0.1) is 11.7 Å². The highest BCUT2D eigenvalue weighted by Crippen LogP contribution is 2.33. The van der Waals surface area contributed by atoms with E-state index in [-0.39, 0.29) is 29.7 Å². The summed E-state index contributed by atoms with van der Waals surface area (Å²) >= 11 is 0. The SMILES string of the molecule is CN(C)C(=O)N1CCC(C(=O)N2CCCCC2c2ccc(F)cc2)CC1. The van der Waals surface area contributed by atoms with E-state index in [1.165, 1.54) is 12.1 Å². The molecule has 0 radical (unpaired) electrons. The Kier molecular flexibility index (Phi) is 5.79. The maximum Gasteiger partial charge on any atom is 0.319 e. The zero-order valence-corrected chi connectivity index (χ0v) is 15.7. The van der Waals surface area contributed by atoms with Gasteiger partial charge in [-0.05, 0) is 49.8 Å². The van der Waals surface area contributed by atoms with Crippen LogP contribution in [0.1, 0.15) is 43.7 Å². The molecule has 0 aromatic heterocycles. The van der Waals surface area contributed by atoms with Gasteiger partial charge in [-0.25, -0.2) is 9.18 Å². The van der Waals surface area contributed by atoms with Gasteiger partial charge in [0.25, 0.3) is 0 Å². The van der Waals surface area contributed by atoms with Crippen molar-refractivity contribution in [3.05, 3.63) is 35.6 Å². The quantitative estimate of drug-likeness (QED) is 0.811. The molecule has 5 nitrogen and oxygen atoms in total. The number of hydrogen-bond donors (Lipinski definition) is 0. The minimum Gasteiger partial charge on any atom is -0.335 e. The highest BCUT2D eigenvalue weighted by Gasteiger charge is 2.35. The summed E-state index contributed by atoms with van der Waals surface area (Å²) in [5, 5.41) is 0. The van der Waals surface area contributed by atoms with Gasteiger partial charge in [0.2, 0.25) is 5.91 Å². The molecule has 0 bridgehead atoms. The molecule has 2 aliphatic heterocycles. The number of rotatable bonds is 2. The smallest absolute Gasteiger partial charge is 0.319 e. The molecule has 0 spiro atoms. The van der Waals surface area contributed by atoms with E-state index < -0.39 is 0 Å². The number of likely N-dealkylation sites (tertiary alicyclic amines) is 2. The zero-order chi connectivity index (χ0) is 18.7. The van der Waals surface area contributed by atoms with Crippen LogP contribution in [0.3, 0.4) is 0 Å². The topological polar surface area (TPSA) is 43.9 Å². The molecule has 142 valence electrons. The first kappa shape index (κ1) is 18.7. The molecule has 1 aromatic rings. The number of halogens is 1. The first-order valence-corrected chi connectivity index (χ1v) is 9.49. The lowest BCUT2D eigenvalue weighted by Crippen LogP contribution is -2.48. The summed E-state index contributed by atoms with van der Waals surface area (Å²) in [4.78, 5) is 30.6. The molecule has 1 aromatic carbocycles. The number of carbonyl (C=O) groups is 2. The van der Waals surface area contributed by atoms with Crippen molar-refractivity contribution in [1.29, 1.82) is 0 Å². The van der Waals surface area contributed by atoms with Crippen molar-refractivity contribution < 1.29 is 14.0 Å². The first-order chi connectivity index (χ1) is 12.5. The van der Waals surface area contributed by atoms with Crippen molar-refractivity contribution in [2.45, 2.75) is 38.1 Å². The highest BCUT2D eigenvalue weighted by molar-refractivity contribution is 5.80. The molecule has 1 unspecified atom stereocenters. The fourth-order valence-corrected chi connectivity index (χ4v) is 4.06.